The molecule has 1 aliphatic carbocycles. The third kappa shape index (κ3) is 4.17. The van der Waals surface area contributed by atoms with Crippen molar-refractivity contribution in [1.29, 1.82) is 0 Å². The van der Waals surface area contributed by atoms with Gasteiger partial charge in [0.1, 0.15) is 12.4 Å². The summed E-state index contributed by atoms with van der Waals surface area (Å²) >= 11 is 0. The fourth-order valence-corrected chi connectivity index (χ4v) is 2.83. The number of nitrogens with zero attached hydrogens (tertiary/aromatic N) is 1. The van der Waals surface area contributed by atoms with Gasteiger partial charge in [-0.15, -0.1) is 0 Å². The van der Waals surface area contributed by atoms with Crippen molar-refractivity contribution in [3.05, 3.63) is 24.0 Å². The van der Waals surface area contributed by atoms with Crippen molar-refractivity contribution in [2.45, 2.75) is 51.2 Å². The maximum Gasteiger partial charge on any atom is 0.137 e. The second-order valence-corrected chi connectivity index (χ2v) is 6.52. The first kappa shape index (κ1) is 14.8. The first-order valence-corrected chi connectivity index (χ1v) is 8.15. The summed E-state index contributed by atoms with van der Waals surface area (Å²) in [5, 5.41) is 3.35. The van der Waals surface area contributed by atoms with Crippen molar-refractivity contribution in [2.24, 2.45) is 5.92 Å². The summed E-state index contributed by atoms with van der Waals surface area (Å²) in [7, 11) is 0. The van der Waals surface area contributed by atoms with E-state index in [4.69, 9.17) is 9.47 Å². The van der Waals surface area contributed by atoms with Crippen LogP contribution < -0.4 is 10.1 Å². The predicted molar refractivity (Wildman–Crippen MR) is 82.7 cm³/mol. The van der Waals surface area contributed by atoms with E-state index >= 15 is 0 Å². The lowest BCUT2D eigenvalue weighted by molar-refractivity contribution is 0.0740. The average molecular weight is 290 g/mol. The van der Waals surface area contributed by atoms with Crippen molar-refractivity contribution < 1.29 is 9.47 Å². The maximum absolute atomic E-state index is 5.83. The SMILES string of the molecule is CC(C)OCCC1CC1c1cncc(OCC2CCN2)c1. The van der Waals surface area contributed by atoms with Gasteiger partial charge in [-0.2, -0.15) is 0 Å². The van der Waals surface area contributed by atoms with Crippen molar-refractivity contribution in [1.82, 2.24) is 10.3 Å². The van der Waals surface area contributed by atoms with E-state index in [0.717, 1.165) is 37.8 Å². The van der Waals surface area contributed by atoms with Crippen molar-refractivity contribution in [3.63, 3.8) is 0 Å². The zero-order chi connectivity index (χ0) is 14.7. The third-order valence-electron chi connectivity index (χ3n) is 4.40. The van der Waals surface area contributed by atoms with E-state index in [9.17, 15) is 0 Å². The molecule has 0 aromatic carbocycles. The highest BCUT2D eigenvalue weighted by Gasteiger charge is 2.38. The molecule has 1 N–H and O–H groups in total. The van der Waals surface area contributed by atoms with E-state index in [1.165, 1.54) is 18.4 Å². The number of rotatable bonds is 8. The highest BCUT2D eigenvalue weighted by Crippen LogP contribution is 2.49. The number of aromatic nitrogens is 1. The van der Waals surface area contributed by atoms with Gasteiger partial charge in [0.05, 0.1) is 12.3 Å². The minimum atomic E-state index is 0.334. The molecule has 3 unspecified atom stereocenters. The predicted octanol–water partition coefficient (Wildman–Crippen LogP) is 2.74. The largest absolute Gasteiger partial charge is 0.490 e. The van der Waals surface area contributed by atoms with Crippen LogP contribution in [0.25, 0.3) is 0 Å². The Hall–Kier alpha value is -1.13. The highest BCUT2D eigenvalue weighted by molar-refractivity contribution is 5.30. The van der Waals surface area contributed by atoms with E-state index in [1.807, 2.05) is 12.4 Å². The van der Waals surface area contributed by atoms with Gasteiger partial charge in [0, 0.05) is 18.8 Å². The number of nitrogens with one attached hydrogen (secondary N) is 1. The maximum atomic E-state index is 5.83. The van der Waals surface area contributed by atoms with Crippen molar-refractivity contribution in [2.75, 3.05) is 19.8 Å². The molecule has 3 atom stereocenters. The molecular formula is C17H26N2O2. The molecule has 3 rings (SSSR count). The van der Waals surface area contributed by atoms with Crippen LogP contribution in [-0.2, 0) is 4.74 Å². The highest BCUT2D eigenvalue weighted by atomic mass is 16.5. The molecule has 1 saturated heterocycles. The van der Waals surface area contributed by atoms with Gasteiger partial charge in [0.15, 0.2) is 0 Å². The Balaban J connectivity index is 1.45. The summed E-state index contributed by atoms with van der Waals surface area (Å²) in [6.07, 6.45) is 7.77. The summed E-state index contributed by atoms with van der Waals surface area (Å²) < 4.78 is 11.5. The summed E-state index contributed by atoms with van der Waals surface area (Å²) in [6.45, 7) is 6.92. The van der Waals surface area contributed by atoms with Crippen LogP contribution in [-0.4, -0.2) is 36.9 Å². The lowest BCUT2D eigenvalue weighted by Gasteiger charge is -2.27. The number of hydrogen-bond acceptors (Lipinski definition) is 4. The molecular weight excluding hydrogens is 264 g/mol. The summed E-state index contributed by atoms with van der Waals surface area (Å²) in [5.74, 6) is 2.32. The van der Waals surface area contributed by atoms with Gasteiger partial charge < -0.3 is 14.8 Å². The minimum Gasteiger partial charge on any atom is -0.490 e. The number of hydrogen-bond donors (Lipinski definition) is 1. The van der Waals surface area contributed by atoms with Gasteiger partial charge in [-0.25, -0.2) is 0 Å². The Labute approximate surface area is 127 Å². The molecule has 116 valence electrons. The first-order valence-electron chi connectivity index (χ1n) is 8.15. The summed E-state index contributed by atoms with van der Waals surface area (Å²) in [4.78, 5) is 4.33. The topological polar surface area (TPSA) is 43.4 Å². The van der Waals surface area contributed by atoms with E-state index in [0.29, 0.717) is 18.1 Å². The van der Waals surface area contributed by atoms with Crippen molar-refractivity contribution in [3.8, 4) is 5.75 Å². The van der Waals surface area contributed by atoms with Gasteiger partial charge in [0.25, 0.3) is 0 Å². The zero-order valence-corrected chi connectivity index (χ0v) is 13.0. The van der Waals surface area contributed by atoms with E-state index in [1.54, 1.807) is 0 Å². The molecule has 0 amide bonds. The van der Waals surface area contributed by atoms with Crippen LogP contribution in [0.5, 0.6) is 5.75 Å². The fourth-order valence-electron chi connectivity index (χ4n) is 2.83. The Kier molecular flexibility index (Phi) is 4.76. The fraction of sp³-hybridized carbons (Fsp3) is 0.706. The lowest BCUT2D eigenvalue weighted by Crippen LogP contribution is -2.46. The van der Waals surface area contributed by atoms with Crippen LogP contribution in [0.15, 0.2) is 18.5 Å². The van der Waals surface area contributed by atoms with Crippen LogP contribution in [0.2, 0.25) is 0 Å². The quantitative estimate of drug-likeness (QED) is 0.799. The monoisotopic (exact) mass is 290 g/mol. The summed E-state index contributed by atoms with van der Waals surface area (Å²) in [6, 6.07) is 2.69. The third-order valence-corrected chi connectivity index (χ3v) is 4.40. The van der Waals surface area contributed by atoms with Gasteiger partial charge in [-0.05, 0) is 63.1 Å². The molecule has 4 heteroatoms. The summed E-state index contributed by atoms with van der Waals surface area (Å²) in [5.41, 5.74) is 1.32. The normalized spacial score (nSPS) is 27.5. The van der Waals surface area contributed by atoms with Gasteiger partial charge in [0.2, 0.25) is 0 Å². The molecule has 21 heavy (non-hydrogen) atoms. The molecule has 0 spiro atoms. The Morgan fingerprint density at radius 3 is 2.95 bits per heavy atom. The molecule has 1 saturated carbocycles. The Morgan fingerprint density at radius 1 is 1.38 bits per heavy atom. The second-order valence-electron chi connectivity index (χ2n) is 6.52. The van der Waals surface area contributed by atoms with E-state index < -0.39 is 0 Å². The second kappa shape index (κ2) is 6.75. The van der Waals surface area contributed by atoms with Crippen LogP contribution in [0.3, 0.4) is 0 Å². The van der Waals surface area contributed by atoms with Crippen LogP contribution in [0.1, 0.15) is 44.6 Å². The lowest BCUT2D eigenvalue weighted by atomic mass is 10.1. The molecule has 2 heterocycles. The Bertz CT molecular complexity index is 460. The van der Waals surface area contributed by atoms with Crippen molar-refractivity contribution >= 4 is 0 Å². The Morgan fingerprint density at radius 2 is 2.24 bits per heavy atom. The van der Waals surface area contributed by atoms with Crippen LogP contribution in [0, 0.1) is 5.92 Å². The minimum absolute atomic E-state index is 0.334. The van der Waals surface area contributed by atoms with E-state index in [2.05, 4.69) is 30.2 Å². The van der Waals surface area contributed by atoms with E-state index in [-0.39, 0.29) is 0 Å². The van der Waals surface area contributed by atoms with Gasteiger partial charge in [-0.1, -0.05) is 0 Å². The van der Waals surface area contributed by atoms with Crippen LogP contribution in [0.4, 0.5) is 0 Å². The number of pyridine rings is 1. The first-order chi connectivity index (χ1) is 10.2. The molecule has 0 bridgehead atoms. The molecule has 2 aliphatic rings. The molecule has 2 fully saturated rings. The molecule has 0 radical (unpaired) electrons. The van der Waals surface area contributed by atoms with Gasteiger partial charge in [-0.3, -0.25) is 4.98 Å². The molecule has 1 aromatic heterocycles. The van der Waals surface area contributed by atoms with Gasteiger partial charge >= 0.3 is 0 Å². The standard InChI is InChI=1S/C17H26N2O2/c1-12(2)20-6-4-13-8-17(13)14-7-16(10-18-9-14)21-11-15-3-5-19-15/h7,9-10,12-13,15,17,19H,3-6,8,11H2,1-2H3. The molecule has 1 aliphatic heterocycles. The smallest absolute Gasteiger partial charge is 0.137 e. The molecule has 4 nitrogen and oxygen atoms in total. The average Bonchev–Trinajstić information content (AvgIpc) is 3.16. The molecule has 1 aromatic rings. The zero-order valence-electron chi connectivity index (χ0n) is 13.0. The number of ether oxygens (including phenoxy) is 2. The van der Waals surface area contributed by atoms with Crippen LogP contribution >= 0.6 is 0 Å².